The number of hydrogen-bond acceptors (Lipinski definition) is 3. The number of hydrogen-bond donors (Lipinski definition) is 0. The van der Waals surface area contributed by atoms with Crippen LogP contribution in [0.5, 0.6) is 0 Å². The summed E-state index contributed by atoms with van der Waals surface area (Å²) in [4.78, 5) is 7.22. The summed E-state index contributed by atoms with van der Waals surface area (Å²) in [6.07, 6.45) is 4.06. The van der Waals surface area contributed by atoms with Gasteiger partial charge >= 0.3 is 0 Å². The Morgan fingerprint density at radius 3 is 2.64 bits per heavy atom. The molecule has 11 heavy (non-hydrogen) atoms. The van der Waals surface area contributed by atoms with Crippen molar-refractivity contribution in [1.82, 2.24) is 4.90 Å². The lowest BCUT2D eigenvalue weighted by atomic mass is 10.1. The van der Waals surface area contributed by atoms with E-state index in [0.29, 0.717) is 6.61 Å². The van der Waals surface area contributed by atoms with E-state index in [0.717, 1.165) is 6.54 Å². The minimum Gasteiger partial charge on any atom is -0.395 e. The minimum absolute atomic E-state index is 0.684. The highest BCUT2D eigenvalue weighted by Crippen LogP contribution is 2.07. The Hall–Kier alpha value is -0.570. The molecule has 3 heteroatoms. The molecule has 0 spiro atoms. The van der Waals surface area contributed by atoms with Crippen molar-refractivity contribution in [1.29, 1.82) is 0 Å². The van der Waals surface area contributed by atoms with E-state index in [9.17, 15) is 0 Å². The van der Waals surface area contributed by atoms with Crippen molar-refractivity contribution in [3.8, 4) is 0 Å². The van der Waals surface area contributed by atoms with E-state index >= 15 is 0 Å². The van der Waals surface area contributed by atoms with Gasteiger partial charge in [-0.1, -0.05) is 6.42 Å². The minimum atomic E-state index is 0.684. The molecular weight excluding hydrogens is 140 g/mol. The molecule has 1 aliphatic heterocycles. The van der Waals surface area contributed by atoms with E-state index in [2.05, 4.69) is 16.8 Å². The van der Waals surface area contributed by atoms with E-state index in [4.69, 9.17) is 4.84 Å². The first kappa shape index (κ1) is 8.53. The van der Waals surface area contributed by atoms with E-state index in [1.165, 1.54) is 32.4 Å². The van der Waals surface area contributed by atoms with Crippen molar-refractivity contribution in [2.75, 3.05) is 26.2 Å². The highest BCUT2D eigenvalue weighted by molar-refractivity contribution is 5.21. The van der Waals surface area contributed by atoms with Crippen LogP contribution in [-0.2, 0) is 4.84 Å². The molecule has 1 aliphatic rings. The average molecular weight is 156 g/mol. The van der Waals surface area contributed by atoms with Crippen LogP contribution in [0.25, 0.3) is 0 Å². The van der Waals surface area contributed by atoms with Gasteiger partial charge in [0.2, 0.25) is 0 Å². The van der Waals surface area contributed by atoms with Crippen molar-refractivity contribution in [3.05, 3.63) is 0 Å². The Bertz CT molecular complexity index is 111. The molecule has 0 bridgehead atoms. The van der Waals surface area contributed by atoms with Crippen LogP contribution in [0.15, 0.2) is 5.16 Å². The molecule has 0 N–H and O–H groups in total. The molecule has 1 saturated heterocycles. The maximum atomic E-state index is 4.81. The van der Waals surface area contributed by atoms with E-state index in [-0.39, 0.29) is 0 Å². The van der Waals surface area contributed by atoms with Crippen LogP contribution in [0.4, 0.5) is 0 Å². The third-order valence-electron chi connectivity index (χ3n) is 2.04. The van der Waals surface area contributed by atoms with Gasteiger partial charge < -0.3 is 4.84 Å². The van der Waals surface area contributed by atoms with Crippen LogP contribution < -0.4 is 0 Å². The molecular formula is C8H16N2O. The molecule has 0 amide bonds. The van der Waals surface area contributed by atoms with Crippen LogP contribution >= 0.6 is 0 Å². The summed E-state index contributed by atoms with van der Waals surface area (Å²) in [5.74, 6) is 0. The predicted octanol–water partition coefficient (Wildman–Crippen LogP) is 1.10. The van der Waals surface area contributed by atoms with E-state index in [1.54, 1.807) is 0 Å². The van der Waals surface area contributed by atoms with Gasteiger partial charge in [0.1, 0.15) is 6.61 Å². The van der Waals surface area contributed by atoms with Crippen LogP contribution in [-0.4, -0.2) is 37.9 Å². The molecule has 0 atom stereocenters. The van der Waals surface area contributed by atoms with Crippen molar-refractivity contribution < 1.29 is 4.84 Å². The van der Waals surface area contributed by atoms with E-state index < -0.39 is 0 Å². The van der Waals surface area contributed by atoms with E-state index in [1.807, 2.05) is 0 Å². The molecule has 1 heterocycles. The third-order valence-corrected chi connectivity index (χ3v) is 2.04. The molecule has 0 radical (unpaired) electrons. The lowest BCUT2D eigenvalue weighted by Gasteiger charge is -2.25. The first-order valence-corrected chi connectivity index (χ1v) is 4.24. The molecule has 1 rings (SSSR count). The Morgan fingerprint density at radius 1 is 1.27 bits per heavy atom. The second kappa shape index (κ2) is 5.13. The van der Waals surface area contributed by atoms with Gasteiger partial charge in [-0.3, -0.25) is 4.90 Å². The average Bonchev–Trinajstić information content (AvgIpc) is 2.07. The van der Waals surface area contributed by atoms with Crippen LogP contribution in [0.2, 0.25) is 0 Å². The fourth-order valence-electron chi connectivity index (χ4n) is 1.42. The quantitative estimate of drug-likeness (QED) is 0.346. The van der Waals surface area contributed by atoms with Crippen molar-refractivity contribution in [2.24, 2.45) is 5.16 Å². The van der Waals surface area contributed by atoms with Crippen molar-refractivity contribution in [2.45, 2.75) is 19.3 Å². The normalized spacial score (nSPS) is 19.6. The summed E-state index contributed by atoms with van der Waals surface area (Å²) in [7, 11) is 0. The van der Waals surface area contributed by atoms with Crippen LogP contribution in [0.3, 0.4) is 0 Å². The zero-order valence-electron chi connectivity index (χ0n) is 6.96. The SMILES string of the molecule is C=NOCCN1CCCCC1. The van der Waals surface area contributed by atoms with Gasteiger partial charge in [0, 0.05) is 13.3 Å². The molecule has 0 unspecified atom stereocenters. The first-order valence-electron chi connectivity index (χ1n) is 4.24. The number of rotatable bonds is 4. The summed E-state index contributed by atoms with van der Waals surface area (Å²) >= 11 is 0. The first-order chi connectivity index (χ1) is 5.43. The molecule has 3 nitrogen and oxygen atoms in total. The number of piperidine rings is 1. The molecule has 0 aliphatic carbocycles. The Balaban J connectivity index is 2.00. The standard InChI is InChI=1S/C8H16N2O/c1-9-11-8-7-10-5-3-2-4-6-10/h1-8H2. The van der Waals surface area contributed by atoms with Gasteiger partial charge in [0.25, 0.3) is 0 Å². The lowest BCUT2D eigenvalue weighted by molar-refractivity contribution is 0.104. The second-order valence-corrected chi connectivity index (χ2v) is 2.86. The fourth-order valence-corrected chi connectivity index (χ4v) is 1.42. The molecule has 0 aromatic carbocycles. The zero-order chi connectivity index (χ0) is 7.94. The van der Waals surface area contributed by atoms with Gasteiger partial charge in [-0.2, -0.15) is 0 Å². The van der Waals surface area contributed by atoms with Gasteiger partial charge in [0.15, 0.2) is 0 Å². The smallest absolute Gasteiger partial charge is 0.129 e. The largest absolute Gasteiger partial charge is 0.395 e. The van der Waals surface area contributed by atoms with Gasteiger partial charge in [-0.15, -0.1) is 5.16 Å². The maximum Gasteiger partial charge on any atom is 0.129 e. The topological polar surface area (TPSA) is 24.8 Å². The zero-order valence-corrected chi connectivity index (χ0v) is 6.96. The van der Waals surface area contributed by atoms with Crippen molar-refractivity contribution >= 4 is 6.72 Å². The molecule has 0 aromatic heterocycles. The predicted molar refractivity (Wildman–Crippen MR) is 45.8 cm³/mol. The fraction of sp³-hybridized carbons (Fsp3) is 0.875. The van der Waals surface area contributed by atoms with Crippen LogP contribution in [0, 0.1) is 0 Å². The Morgan fingerprint density at radius 2 is 2.00 bits per heavy atom. The monoisotopic (exact) mass is 156 g/mol. The lowest BCUT2D eigenvalue weighted by Crippen LogP contribution is -2.32. The van der Waals surface area contributed by atoms with Gasteiger partial charge in [-0.25, -0.2) is 0 Å². The summed E-state index contributed by atoms with van der Waals surface area (Å²) in [6.45, 7) is 7.38. The molecule has 0 saturated carbocycles. The van der Waals surface area contributed by atoms with Gasteiger partial charge in [-0.05, 0) is 25.9 Å². The molecule has 64 valence electrons. The van der Waals surface area contributed by atoms with Crippen molar-refractivity contribution in [3.63, 3.8) is 0 Å². The van der Waals surface area contributed by atoms with Crippen LogP contribution in [0.1, 0.15) is 19.3 Å². The number of oxime groups is 1. The summed E-state index contributed by atoms with van der Waals surface area (Å²) in [5.41, 5.74) is 0. The highest BCUT2D eigenvalue weighted by atomic mass is 16.6. The highest BCUT2D eigenvalue weighted by Gasteiger charge is 2.08. The summed E-state index contributed by atoms with van der Waals surface area (Å²) in [6, 6.07) is 0. The summed E-state index contributed by atoms with van der Waals surface area (Å²) < 4.78 is 0. The number of nitrogens with zero attached hydrogens (tertiary/aromatic N) is 2. The van der Waals surface area contributed by atoms with Gasteiger partial charge in [0.05, 0.1) is 0 Å². The third kappa shape index (κ3) is 3.37. The number of likely N-dealkylation sites (tertiary alicyclic amines) is 1. The Labute approximate surface area is 68.0 Å². The Kier molecular flexibility index (Phi) is 3.98. The second-order valence-electron chi connectivity index (χ2n) is 2.86. The molecule has 1 fully saturated rings. The maximum absolute atomic E-state index is 4.81. The summed E-state index contributed by atoms with van der Waals surface area (Å²) in [5, 5.41) is 3.34. The molecule has 0 aromatic rings.